The van der Waals surface area contributed by atoms with Gasteiger partial charge in [-0.05, 0) is 30.3 Å². The second kappa shape index (κ2) is 6.78. The number of aromatic nitrogens is 2. The maximum absolute atomic E-state index is 12.9. The molecular weight excluding hydrogens is 412 g/mol. The van der Waals surface area contributed by atoms with Crippen LogP contribution < -0.4 is 16.6 Å². The normalized spacial score (nSPS) is 11.5. The molecule has 1 aromatic heterocycles. The monoisotopic (exact) mass is 424 g/mol. The number of hydrogen-bond acceptors (Lipinski definition) is 7. The van der Waals surface area contributed by atoms with Gasteiger partial charge in [0.25, 0.3) is 5.91 Å². The van der Waals surface area contributed by atoms with E-state index >= 15 is 0 Å². The number of primary sulfonamides is 1. The number of aromatic amines is 1. The number of benzene rings is 2. The van der Waals surface area contributed by atoms with E-state index in [2.05, 4.69) is 9.72 Å². The van der Waals surface area contributed by atoms with Crippen LogP contribution in [0.25, 0.3) is 11.0 Å². The summed E-state index contributed by atoms with van der Waals surface area (Å²) < 4.78 is 28.6. The van der Waals surface area contributed by atoms with E-state index < -0.39 is 32.5 Å². The summed E-state index contributed by atoms with van der Waals surface area (Å²) in [7, 11) is -3.01. The van der Waals surface area contributed by atoms with Crippen molar-refractivity contribution >= 4 is 50.2 Å². The fourth-order valence-electron chi connectivity index (χ4n) is 2.67. The third-order valence-electron chi connectivity index (χ3n) is 3.99. The average molecular weight is 425 g/mol. The summed E-state index contributed by atoms with van der Waals surface area (Å²) in [6, 6.07) is 6.04. The molecule has 0 amide bonds. The van der Waals surface area contributed by atoms with E-state index in [9.17, 15) is 22.8 Å². The van der Waals surface area contributed by atoms with Crippen LogP contribution in [0.5, 0.6) is 0 Å². The van der Waals surface area contributed by atoms with Gasteiger partial charge in [0.2, 0.25) is 10.0 Å². The van der Waals surface area contributed by atoms with Crippen molar-refractivity contribution in [1.82, 2.24) is 9.55 Å². The summed E-state index contributed by atoms with van der Waals surface area (Å²) in [5.41, 5.74) is 5.02. The highest BCUT2D eigenvalue weighted by Gasteiger charge is 2.22. The lowest BCUT2D eigenvalue weighted by atomic mass is 10.1. The molecule has 0 aliphatic carbocycles. The number of sulfonamides is 1. The number of nitrogens with zero attached hydrogens (tertiary/aromatic N) is 1. The predicted molar refractivity (Wildman–Crippen MR) is 101 cm³/mol. The van der Waals surface area contributed by atoms with Gasteiger partial charge < -0.3 is 15.5 Å². The molecule has 0 aliphatic heterocycles. The molecule has 3 aromatic rings. The zero-order chi connectivity index (χ0) is 20.8. The van der Waals surface area contributed by atoms with Crippen molar-refractivity contribution in [3.63, 3.8) is 0 Å². The number of ether oxygens (including phenoxy) is 1. The number of methoxy groups -OCH3 is 1. The van der Waals surface area contributed by atoms with Crippen LogP contribution in [0.1, 0.15) is 20.7 Å². The van der Waals surface area contributed by atoms with Crippen LogP contribution in [-0.4, -0.2) is 37.0 Å². The molecule has 146 valence electrons. The molecule has 0 bridgehead atoms. The van der Waals surface area contributed by atoms with Crippen molar-refractivity contribution in [2.75, 3.05) is 12.8 Å². The third kappa shape index (κ3) is 3.15. The Bertz CT molecular complexity index is 1310. The molecule has 3 rings (SSSR count). The van der Waals surface area contributed by atoms with Gasteiger partial charge >= 0.3 is 11.7 Å². The van der Waals surface area contributed by atoms with Crippen LogP contribution in [0.2, 0.25) is 5.02 Å². The number of nitrogens with two attached hydrogens (primary N) is 2. The highest BCUT2D eigenvalue weighted by Crippen LogP contribution is 2.25. The minimum absolute atomic E-state index is 0.0128. The van der Waals surface area contributed by atoms with Gasteiger partial charge in [0.1, 0.15) is 4.90 Å². The van der Waals surface area contributed by atoms with Crippen molar-refractivity contribution in [1.29, 1.82) is 0 Å². The van der Waals surface area contributed by atoms with Gasteiger partial charge in [0.05, 0.1) is 34.4 Å². The van der Waals surface area contributed by atoms with E-state index in [1.54, 1.807) is 0 Å². The molecule has 0 saturated heterocycles. The van der Waals surface area contributed by atoms with Gasteiger partial charge in [-0.25, -0.2) is 27.7 Å². The Balaban J connectivity index is 2.21. The highest BCUT2D eigenvalue weighted by molar-refractivity contribution is 7.89. The Morgan fingerprint density at radius 2 is 1.89 bits per heavy atom. The maximum Gasteiger partial charge on any atom is 0.340 e. The molecule has 28 heavy (non-hydrogen) atoms. The smallest absolute Gasteiger partial charge is 0.340 e. The molecule has 1 heterocycles. The number of carbonyl (C=O) groups is 2. The van der Waals surface area contributed by atoms with Gasteiger partial charge in [-0.15, -0.1) is 0 Å². The number of carbonyl (C=O) groups excluding carboxylic acids is 2. The van der Waals surface area contributed by atoms with E-state index in [1.165, 1.54) is 31.4 Å². The lowest BCUT2D eigenvalue weighted by molar-refractivity contribution is 0.0602. The summed E-state index contributed by atoms with van der Waals surface area (Å²) in [4.78, 5) is 38.9. The molecule has 5 N–H and O–H groups in total. The Hall–Kier alpha value is -3.15. The lowest BCUT2D eigenvalue weighted by Crippen LogP contribution is -2.25. The zero-order valence-corrected chi connectivity index (χ0v) is 15.8. The van der Waals surface area contributed by atoms with E-state index in [4.69, 9.17) is 22.5 Å². The molecule has 0 radical (unpaired) electrons. The lowest BCUT2D eigenvalue weighted by Gasteiger charge is -2.07. The zero-order valence-electron chi connectivity index (χ0n) is 14.2. The largest absolute Gasteiger partial charge is 0.465 e. The van der Waals surface area contributed by atoms with E-state index in [-0.39, 0.29) is 32.9 Å². The summed E-state index contributed by atoms with van der Waals surface area (Å²) >= 11 is 5.81. The Morgan fingerprint density at radius 1 is 1.21 bits per heavy atom. The summed E-state index contributed by atoms with van der Waals surface area (Å²) in [5.74, 6) is -1.56. The minimum atomic E-state index is -4.19. The van der Waals surface area contributed by atoms with Crippen molar-refractivity contribution in [2.45, 2.75) is 4.90 Å². The molecular formula is C16H13ClN4O6S. The number of halogens is 1. The summed E-state index contributed by atoms with van der Waals surface area (Å²) in [6.45, 7) is 0. The number of esters is 1. The van der Waals surface area contributed by atoms with E-state index in [0.29, 0.717) is 0 Å². The average Bonchev–Trinajstić information content (AvgIpc) is 2.97. The SMILES string of the molecule is COC(=O)c1ccc2c([nH]c(=O)n2C(=O)c2ccc(Cl)c(S(N)(=O)=O)c2)c1N. The van der Waals surface area contributed by atoms with Crippen LogP contribution in [0.4, 0.5) is 5.69 Å². The fraction of sp³-hybridized carbons (Fsp3) is 0.0625. The first-order valence-electron chi connectivity index (χ1n) is 7.55. The Labute approximate surface area is 162 Å². The first-order chi connectivity index (χ1) is 13.1. The molecule has 10 nitrogen and oxygen atoms in total. The number of anilines is 1. The highest BCUT2D eigenvalue weighted by atomic mass is 35.5. The van der Waals surface area contributed by atoms with Crippen LogP contribution in [0.3, 0.4) is 0 Å². The second-order valence-electron chi connectivity index (χ2n) is 5.67. The van der Waals surface area contributed by atoms with Crippen molar-refractivity contribution in [2.24, 2.45) is 5.14 Å². The molecule has 0 fully saturated rings. The first-order valence-corrected chi connectivity index (χ1v) is 9.47. The van der Waals surface area contributed by atoms with Gasteiger partial charge in [-0.2, -0.15) is 0 Å². The van der Waals surface area contributed by atoms with Crippen molar-refractivity contribution in [3.05, 3.63) is 57.0 Å². The number of imidazole rings is 1. The van der Waals surface area contributed by atoms with Gasteiger partial charge in [-0.1, -0.05) is 11.6 Å². The van der Waals surface area contributed by atoms with Crippen molar-refractivity contribution < 1.29 is 22.7 Å². The third-order valence-corrected chi connectivity index (χ3v) is 5.38. The quantitative estimate of drug-likeness (QED) is 0.410. The molecule has 0 saturated carbocycles. The number of nitrogen functional groups attached to an aromatic ring is 1. The van der Waals surface area contributed by atoms with E-state index in [1.807, 2.05) is 0 Å². The molecule has 0 spiro atoms. The molecule has 0 aliphatic rings. The number of fused-ring (bicyclic) bond motifs is 1. The number of H-pyrrole nitrogens is 1. The van der Waals surface area contributed by atoms with Gasteiger partial charge in [0.15, 0.2) is 0 Å². The predicted octanol–water partition coefficient (Wildman–Crippen LogP) is 0.688. The van der Waals surface area contributed by atoms with Gasteiger partial charge in [0, 0.05) is 5.56 Å². The Kier molecular flexibility index (Phi) is 4.75. The van der Waals surface area contributed by atoms with Crippen LogP contribution in [0.15, 0.2) is 40.0 Å². The van der Waals surface area contributed by atoms with Crippen LogP contribution in [-0.2, 0) is 14.8 Å². The minimum Gasteiger partial charge on any atom is -0.465 e. The number of nitrogens with one attached hydrogen (secondary N) is 1. The summed E-state index contributed by atoms with van der Waals surface area (Å²) in [5, 5.41) is 4.92. The van der Waals surface area contributed by atoms with Crippen LogP contribution >= 0.6 is 11.6 Å². The number of hydrogen-bond donors (Lipinski definition) is 3. The maximum atomic E-state index is 12.9. The standard InChI is InChI=1S/C16H13ClN4O6S/c1-27-15(23)8-3-5-10-13(12(8)18)20-16(24)21(10)14(22)7-2-4-9(17)11(6-7)28(19,25)26/h2-6H,18H2,1H3,(H,20,24)(H2,19,25,26). The molecule has 0 atom stereocenters. The molecule has 0 unspecified atom stereocenters. The summed E-state index contributed by atoms with van der Waals surface area (Å²) in [6.07, 6.45) is 0. The fourth-order valence-corrected chi connectivity index (χ4v) is 3.74. The second-order valence-corrected chi connectivity index (χ2v) is 7.61. The van der Waals surface area contributed by atoms with Crippen LogP contribution in [0, 0.1) is 0 Å². The van der Waals surface area contributed by atoms with E-state index in [0.717, 1.165) is 10.6 Å². The topological polar surface area (TPSA) is 167 Å². The number of rotatable bonds is 3. The molecule has 12 heteroatoms. The first kappa shape index (κ1) is 19.6. The Morgan fingerprint density at radius 3 is 2.50 bits per heavy atom. The van der Waals surface area contributed by atoms with Gasteiger partial charge in [-0.3, -0.25) is 4.79 Å². The van der Waals surface area contributed by atoms with Crippen molar-refractivity contribution in [3.8, 4) is 0 Å². The molecule has 2 aromatic carbocycles.